The molecule has 5 nitrogen and oxygen atoms in total. The molecule has 0 aliphatic heterocycles. The van der Waals surface area contributed by atoms with Crippen LogP contribution in [-0.2, 0) is 24.4 Å². The molecule has 0 fully saturated rings. The van der Waals surface area contributed by atoms with Crippen LogP contribution in [0.5, 0.6) is 5.75 Å². The van der Waals surface area contributed by atoms with Crippen LogP contribution in [0.1, 0.15) is 18.1 Å². The number of anilines is 1. The number of nitrogens with one attached hydrogen (secondary N) is 1. The van der Waals surface area contributed by atoms with Crippen LogP contribution < -0.4 is 10.1 Å². The van der Waals surface area contributed by atoms with Crippen LogP contribution in [0.4, 0.5) is 5.69 Å². The summed E-state index contributed by atoms with van der Waals surface area (Å²) < 4.78 is 12.4. The molecule has 1 aromatic carbocycles. The van der Waals surface area contributed by atoms with E-state index in [-0.39, 0.29) is 0 Å². The van der Waals surface area contributed by atoms with Crippen molar-refractivity contribution in [3.63, 3.8) is 0 Å². The normalized spacial score (nSPS) is 10.6. The monoisotopic (exact) mass is 275 g/mol. The fourth-order valence-electron chi connectivity index (χ4n) is 2.04. The Hall–Kier alpha value is -2.01. The first-order valence-electron chi connectivity index (χ1n) is 6.68. The van der Waals surface area contributed by atoms with Crippen LogP contribution in [0.3, 0.4) is 0 Å². The molecular weight excluding hydrogens is 254 g/mol. The topological polar surface area (TPSA) is 48.3 Å². The summed E-state index contributed by atoms with van der Waals surface area (Å²) in [6.45, 7) is 4.24. The predicted molar refractivity (Wildman–Crippen MR) is 78.9 cm³/mol. The fraction of sp³-hybridized carbons (Fsp3) is 0.400. The van der Waals surface area contributed by atoms with E-state index in [0.29, 0.717) is 6.61 Å². The second-order valence-corrected chi connectivity index (χ2v) is 4.52. The molecule has 2 aromatic rings. The third-order valence-corrected chi connectivity index (χ3v) is 3.10. The average molecular weight is 275 g/mol. The first kappa shape index (κ1) is 14.4. The molecule has 2 rings (SSSR count). The van der Waals surface area contributed by atoms with Crippen molar-refractivity contribution in [3.05, 3.63) is 41.7 Å². The third-order valence-electron chi connectivity index (χ3n) is 3.10. The van der Waals surface area contributed by atoms with Gasteiger partial charge < -0.3 is 14.8 Å². The molecule has 0 saturated heterocycles. The Morgan fingerprint density at radius 1 is 1.30 bits per heavy atom. The van der Waals surface area contributed by atoms with Gasteiger partial charge in [0.1, 0.15) is 5.75 Å². The van der Waals surface area contributed by atoms with Gasteiger partial charge in [-0.15, -0.1) is 0 Å². The maximum Gasteiger partial charge on any atom is 0.124 e. The number of rotatable bonds is 7. The van der Waals surface area contributed by atoms with Gasteiger partial charge in [0, 0.05) is 32.0 Å². The van der Waals surface area contributed by atoms with Crippen molar-refractivity contribution in [2.75, 3.05) is 19.5 Å². The van der Waals surface area contributed by atoms with Gasteiger partial charge in [0.05, 0.1) is 25.6 Å². The molecule has 0 saturated carbocycles. The average Bonchev–Trinajstić information content (AvgIpc) is 2.94. The molecule has 0 atom stereocenters. The van der Waals surface area contributed by atoms with E-state index in [1.165, 1.54) is 5.56 Å². The van der Waals surface area contributed by atoms with E-state index in [4.69, 9.17) is 9.47 Å². The van der Waals surface area contributed by atoms with Crippen LogP contribution in [0.2, 0.25) is 0 Å². The van der Waals surface area contributed by atoms with E-state index in [9.17, 15) is 0 Å². The van der Waals surface area contributed by atoms with Crippen molar-refractivity contribution in [2.45, 2.75) is 26.6 Å². The van der Waals surface area contributed by atoms with E-state index in [1.54, 1.807) is 14.2 Å². The summed E-state index contributed by atoms with van der Waals surface area (Å²) in [5.41, 5.74) is 3.26. The van der Waals surface area contributed by atoms with Gasteiger partial charge in [-0.2, -0.15) is 5.10 Å². The largest absolute Gasteiger partial charge is 0.496 e. The Bertz CT molecular complexity index is 552. The molecule has 108 valence electrons. The molecule has 0 spiro atoms. The highest BCUT2D eigenvalue weighted by Crippen LogP contribution is 2.21. The quantitative estimate of drug-likeness (QED) is 0.844. The van der Waals surface area contributed by atoms with Crippen LogP contribution in [0, 0.1) is 0 Å². The number of hydrogen-bond donors (Lipinski definition) is 1. The van der Waals surface area contributed by atoms with E-state index in [1.807, 2.05) is 23.1 Å². The maximum atomic E-state index is 5.32. The van der Waals surface area contributed by atoms with Crippen molar-refractivity contribution in [2.24, 2.45) is 0 Å². The number of aromatic nitrogens is 2. The van der Waals surface area contributed by atoms with Crippen LogP contribution in [-0.4, -0.2) is 24.0 Å². The minimum Gasteiger partial charge on any atom is -0.496 e. The number of aryl methyl sites for hydroxylation is 1. The molecule has 0 amide bonds. The predicted octanol–water partition coefficient (Wildman–Crippen LogP) is 2.67. The second-order valence-electron chi connectivity index (χ2n) is 4.52. The van der Waals surface area contributed by atoms with Crippen molar-refractivity contribution >= 4 is 5.69 Å². The lowest BCUT2D eigenvalue weighted by molar-refractivity contribution is 0.181. The van der Waals surface area contributed by atoms with Crippen LogP contribution in [0.15, 0.2) is 30.6 Å². The maximum absolute atomic E-state index is 5.32. The summed E-state index contributed by atoms with van der Waals surface area (Å²) in [6, 6.07) is 6.12. The summed E-state index contributed by atoms with van der Waals surface area (Å²) in [5.74, 6) is 0.856. The fourth-order valence-corrected chi connectivity index (χ4v) is 2.04. The van der Waals surface area contributed by atoms with E-state index < -0.39 is 0 Å². The van der Waals surface area contributed by atoms with Crippen molar-refractivity contribution in [1.29, 1.82) is 0 Å². The smallest absolute Gasteiger partial charge is 0.124 e. The highest BCUT2D eigenvalue weighted by Gasteiger charge is 2.05. The van der Waals surface area contributed by atoms with Gasteiger partial charge in [0.15, 0.2) is 0 Å². The standard InChI is InChI=1S/C15H21N3O2/c1-4-18-10-14(9-17-18)16-8-12-5-6-15(20-3)13(7-12)11-19-2/h5-7,9-10,16H,4,8,11H2,1-3H3. The third kappa shape index (κ3) is 3.51. The van der Waals surface area contributed by atoms with E-state index in [2.05, 4.69) is 29.5 Å². The number of benzene rings is 1. The first-order valence-corrected chi connectivity index (χ1v) is 6.68. The summed E-state index contributed by atoms with van der Waals surface area (Å²) in [7, 11) is 3.36. The SMILES string of the molecule is CCn1cc(NCc2ccc(OC)c(COC)c2)cn1. The Kier molecular flexibility index (Phi) is 5.01. The van der Waals surface area contributed by atoms with Crippen molar-refractivity contribution in [1.82, 2.24) is 9.78 Å². The first-order chi connectivity index (χ1) is 9.76. The van der Waals surface area contributed by atoms with Gasteiger partial charge in [-0.1, -0.05) is 6.07 Å². The lowest BCUT2D eigenvalue weighted by Gasteiger charge is -2.10. The summed E-state index contributed by atoms with van der Waals surface area (Å²) in [5, 5.41) is 7.59. The highest BCUT2D eigenvalue weighted by molar-refractivity contribution is 5.42. The number of nitrogens with zero attached hydrogens (tertiary/aromatic N) is 2. The summed E-state index contributed by atoms with van der Waals surface area (Å²) >= 11 is 0. The molecule has 1 heterocycles. The van der Waals surface area contributed by atoms with Crippen molar-refractivity contribution < 1.29 is 9.47 Å². The number of ether oxygens (including phenoxy) is 2. The molecular formula is C15H21N3O2. The van der Waals surface area contributed by atoms with Crippen LogP contribution in [0.25, 0.3) is 0 Å². The molecule has 5 heteroatoms. The molecule has 20 heavy (non-hydrogen) atoms. The van der Waals surface area contributed by atoms with Gasteiger partial charge in [-0.25, -0.2) is 0 Å². The zero-order chi connectivity index (χ0) is 14.4. The molecule has 0 unspecified atom stereocenters. The van der Waals surface area contributed by atoms with Gasteiger partial charge in [-0.05, 0) is 24.6 Å². The minimum absolute atomic E-state index is 0.546. The lowest BCUT2D eigenvalue weighted by atomic mass is 10.1. The number of hydrogen-bond acceptors (Lipinski definition) is 4. The Morgan fingerprint density at radius 3 is 2.80 bits per heavy atom. The van der Waals surface area contributed by atoms with E-state index in [0.717, 1.165) is 30.1 Å². The van der Waals surface area contributed by atoms with Gasteiger partial charge in [-0.3, -0.25) is 4.68 Å². The zero-order valence-electron chi connectivity index (χ0n) is 12.2. The lowest BCUT2D eigenvalue weighted by Crippen LogP contribution is -2.01. The zero-order valence-corrected chi connectivity index (χ0v) is 12.2. The molecule has 0 radical (unpaired) electrons. The molecule has 0 aliphatic rings. The Labute approximate surface area is 119 Å². The molecule has 0 bridgehead atoms. The van der Waals surface area contributed by atoms with Gasteiger partial charge in [0.2, 0.25) is 0 Å². The van der Waals surface area contributed by atoms with Gasteiger partial charge >= 0.3 is 0 Å². The Balaban J connectivity index is 2.03. The molecule has 0 aliphatic carbocycles. The molecule has 1 N–H and O–H groups in total. The van der Waals surface area contributed by atoms with Crippen LogP contribution >= 0.6 is 0 Å². The van der Waals surface area contributed by atoms with E-state index >= 15 is 0 Å². The summed E-state index contributed by atoms with van der Waals surface area (Å²) in [6.07, 6.45) is 3.84. The summed E-state index contributed by atoms with van der Waals surface area (Å²) in [4.78, 5) is 0. The minimum atomic E-state index is 0.546. The number of methoxy groups -OCH3 is 2. The van der Waals surface area contributed by atoms with Crippen molar-refractivity contribution in [3.8, 4) is 5.75 Å². The molecule has 1 aromatic heterocycles. The van der Waals surface area contributed by atoms with Gasteiger partial charge in [0.25, 0.3) is 0 Å². The Morgan fingerprint density at radius 2 is 2.15 bits per heavy atom. The highest BCUT2D eigenvalue weighted by atomic mass is 16.5. The second kappa shape index (κ2) is 6.96.